The van der Waals surface area contributed by atoms with Crippen molar-refractivity contribution in [1.29, 1.82) is 0 Å². The van der Waals surface area contributed by atoms with E-state index in [-0.39, 0.29) is 5.91 Å². The van der Waals surface area contributed by atoms with Gasteiger partial charge < -0.3 is 10.0 Å². The third-order valence-electron chi connectivity index (χ3n) is 3.15. The molecule has 0 aromatic heterocycles. The molecule has 1 N–H and O–H groups in total. The van der Waals surface area contributed by atoms with Gasteiger partial charge in [0.2, 0.25) is 5.91 Å². The lowest BCUT2D eigenvalue weighted by Crippen LogP contribution is -2.42. The minimum atomic E-state index is -0.952. The number of nitrogens with zero attached hydrogens (tertiary/aromatic N) is 1. The van der Waals surface area contributed by atoms with Crippen molar-refractivity contribution in [2.45, 2.75) is 32.1 Å². The second-order valence-corrected chi connectivity index (χ2v) is 5.73. The maximum Gasteiger partial charge on any atom is 0.326 e. The van der Waals surface area contributed by atoms with E-state index >= 15 is 0 Å². The largest absolute Gasteiger partial charge is 0.480 e. The van der Waals surface area contributed by atoms with Gasteiger partial charge in [-0.1, -0.05) is 36.8 Å². The number of hydrogen-bond donors (Lipinski definition) is 1. The van der Waals surface area contributed by atoms with E-state index in [1.54, 1.807) is 14.0 Å². The first-order valence-electron chi connectivity index (χ1n) is 6.57. The van der Waals surface area contributed by atoms with Crippen molar-refractivity contribution < 1.29 is 14.7 Å². The van der Waals surface area contributed by atoms with Crippen LogP contribution in [0.2, 0.25) is 0 Å². The molecular weight excluding hydrogens is 274 g/mol. The molecule has 4 nitrogen and oxygen atoms in total. The summed E-state index contributed by atoms with van der Waals surface area (Å²) in [6, 6.07) is 7.44. The number of likely N-dealkylation sites (N-methyl/N-ethyl adjacent to an activating group) is 1. The topological polar surface area (TPSA) is 57.6 Å². The van der Waals surface area contributed by atoms with E-state index in [0.29, 0.717) is 12.2 Å². The Labute approximate surface area is 124 Å². The van der Waals surface area contributed by atoms with Crippen LogP contribution >= 0.6 is 11.8 Å². The number of carboxylic acids is 1. The maximum atomic E-state index is 11.9. The average Bonchev–Trinajstić information content (AvgIpc) is 2.41. The molecule has 0 heterocycles. The van der Waals surface area contributed by atoms with Crippen LogP contribution in [0.15, 0.2) is 24.3 Å². The molecule has 0 aliphatic rings. The highest BCUT2D eigenvalue weighted by molar-refractivity contribution is 7.99. The van der Waals surface area contributed by atoms with Gasteiger partial charge >= 0.3 is 5.97 Å². The molecule has 1 aromatic rings. The number of hydrogen-bond acceptors (Lipinski definition) is 3. The Morgan fingerprint density at radius 2 is 1.90 bits per heavy atom. The van der Waals surface area contributed by atoms with Crippen LogP contribution in [0.4, 0.5) is 0 Å². The molecular formula is C15H21NO3S. The Bertz CT molecular complexity index is 459. The monoisotopic (exact) mass is 295 g/mol. The van der Waals surface area contributed by atoms with E-state index < -0.39 is 12.0 Å². The van der Waals surface area contributed by atoms with Gasteiger partial charge in [0.15, 0.2) is 0 Å². The predicted molar refractivity (Wildman–Crippen MR) is 81.8 cm³/mol. The molecule has 1 unspecified atom stereocenters. The first-order valence-corrected chi connectivity index (χ1v) is 7.73. The van der Waals surface area contributed by atoms with Crippen LogP contribution in [0.3, 0.4) is 0 Å². The summed E-state index contributed by atoms with van der Waals surface area (Å²) in [7, 11) is 1.55. The summed E-state index contributed by atoms with van der Waals surface area (Å²) in [5.41, 5.74) is 2.38. The highest BCUT2D eigenvalue weighted by Crippen LogP contribution is 2.14. The lowest BCUT2D eigenvalue weighted by atomic mass is 10.2. The van der Waals surface area contributed by atoms with E-state index in [2.05, 4.69) is 0 Å². The van der Waals surface area contributed by atoms with Crippen LogP contribution in [0, 0.1) is 6.92 Å². The zero-order valence-corrected chi connectivity index (χ0v) is 12.9. The van der Waals surface area contributed by atoms with Crippen molar-refractivity contribution in [3.63, 3.8) is 0 Å². The Morgan fingerprint density at radius 1 is 1.30 bits per heavy atom. The van der Waals surface area contributed by atoms with Crippen LogP contribution in [-0.2, 0) is 15.3 Å². The van der Waals surface area contributed by atoms with Crippen molar-refractivity contribution >= 4 is 23.6 Å². The molecule has 1 rings (SSSR count). The summed E-state index contributed by atoms with van der Waals surface area (Å²) in [5.74, 6) is -0.0408. The fourth-order valence-electron chi connectivity index (χ4n) is 1.83. The molecule has 0 saturated carbocycles. The number of amides is 1. The van der Waals surface area contributed by atoms with Gasteiger partial charge in [-0.15, -0.1) is 11.8 Å². The lowest BCUT2D eigenvalue weighted by Gasteiger charge is -2.23. The predicted octanol–water partition coefficient (Wildman–Crippen LogP) is 2.55. The number of carbonyl (C=O) groups is 2. The number of carbonyl (C=O) groups excluding carboxylic acids is 1. The van der Waals surface area contributed by atoms with Crippen molar-refractivity contribution in [3.8, 4) is 0 Å². The molecule has 0 saturated heterocycles. The van der Waals surface area contributed by atoms with E-state index in [0.717, 1.165) is 5.75 Å². The average molecular weight is 295 g/mol. The molecule has 5 heteroatoms. The first-order chi connectivity index (χ1) is 9.45. The number of aryl methyl sites for hydroxylation is 1. The molecule has 0 fully saturated rings. The maximum absolute atomic E-state index is 11.9. The fourth-order valence-corrected chi connectivity index (χ4v) is 2.74. The molecule has 110 valence electrons. The highest BCUT2D eigenvalue weighted by atomic mass is 32.2. The minimum Gasteiger partial charge on any atom is -0.480 e. The fraction of sp³-hybridized carbons (Fsp3) is 0.467. The number of benzene rings is 1. The summed E-state index contributed by atoms with van der Waals surface area (Å²) in [6.07, 6.45) is 0.417. The van der Waals surface area contributed by atoms with Gasteiger partial charge in [0.1, 0.15) is 6.04 Å². The molecule has 1 atom stereocenters. The molecule has 0 aliphatic carbocycles. The standard InChI is InChI=1S/C15H21NO3S/c1-4-13(15(18)19)16(3)14(17)10-20-9-12-7-5-11(2)6-8-12/h5-8,13H,4,9-10H2,1-3H3,(H,18,19). The number of rotatable bonds is 7. The SMILES string of the molecule is CCC(C(=O)O)N(C)C(=O)CSCc1ccc(C)cc1. The molecule has 1 aromatic carbocycles. The number of aliphatic carboxylic acids is 1. The van der Waals surface area contributed by atoms with Crippen molar-refractivity contribution in [2.24, 2.45) is 0 Å². The van der Waals surface area contributed by atoms with Gasteiger partial charge in [-0.05, 0) is 18.9 Å². The first kappa shape index (κ1) is 16.6. The number of thioether (sulfide) groups is 1. The zero-order chi connectivity index (χ0) is 15.1. The van der Waals surface area contributed by atoms with Crippen LogP contribution in [0.1, 0.15) is 24.5 Å². The smallest absolute Gasteiger partial charge is 0.326 e. The van der Waals surface area contributed by atoms with Gasteiger partial charge in [0, 0.05) is 12.8 Å². The summed E-state index contributed by atoms with van der Waals surface area (Å²) in [5, 5.41) is 9.02. The molecule has 0 bridgehead atoms. The Balaban J connectivity index is 2.43. The van der Waals surface area contributed by atoms with Gasteiger partial charge in [-0.3, -0.25) is 4.79 Å². The summed E-state index contributed by atoms with van der Waals surface area (Å²) >= 11 is 1.50. The quantitative estimate of drug-likeness (QED) is 0.840. The normalized spacial score (nSPS) is 11.9. The van der Waals surface area contributed by atoms with Crippen LogP contribution in [0.5, 0.6) is 0 Å². The third kappa shape index (κ3) is 4.89. The molecule has 0 radical (unpaired) electrons. The summed E-state index contributed by atoms with van der Waals surface area (Å²) in [4.78, 5) is 24.3. The van der Waals surface area contributed by atoms with E-state index in [9.17, 15) is 9.59 Å². The second kappa shape index (κ2) is 7.94. The van der Waals surface area contributed by atoms with Crippen LogP contribution in [-0.4, -0.2) is 40.7 Å². The molecule has 0 spiro atoms. The molecule has 1 amide bonds. The van der Waals surface area contributed by atoms with Crippen LogP contribution < -0.4 is 0 Å². The van der Waals surface area contributed by atoms with Crippen LogP contribution in [0.25, 0.3) is 0 Å². The third-order valence-corrected chi connectivity index (χ3v) is 4.14. The van der Waals surface area contributed by atoms with Gasteiger partial charge in [-0.2, -0.15) is 0 Å². The minimum absolute atomic E-state index is 0.142. The Kier molecular flexibility index (Phi) is 6.58. The van der Waals surface area contributed by atoms with Crippen molar-refractivity contribution in [3.05, 3.63) is 35.4 Å². The Morgan fingerprint density at radius 3 is 2.40 bits per heavy atom. The highest BCUT2D eigenvalue weighted by Gasteiger charge is 2.24. The van der Waals surface area contributed by atoms with E-state index in [1.807, 2.05) is 31.2 Å². The summed E-state index contributed by atoms with van der Waals surface area (Å²) < 4.78 is 0. The second-order valence-electron chi connectivity index (χ2n) is 4.75. The van der Waals surface area contributed by atoms with Gasteiger partial charge in [0.25, 0.3) is 0 Å². The lowest BCUT2D eigenvalue weighted by molar-refractivity contribution is -0.148. The number of carboxylic acid groups (broad SMARTS) is 1. The zero-order valence-electron chi connectivity index (χ0n) is 12.1. The van der Waals surface area contributed by atoms with E-state index in [4.69, 9.17) is 5.11 Å². The van der Waals surface area contributed by atoms with Gasteiger partial charge in [0.05, 0.1) is 5.75 Å². The van der Waals surface area contributed by atoms with Crippen molar-refractivity contribution in [1.82, 2.24) is 4.90 Å². The Hall–Kier alpha value is -1.49. The van der Waals surface area contributed by atoms with Crippen molar-refractivity contribution in [2.75, 3.05) is 12.8 Å². The molecule has 0 aliphatic heterocycles. The molecule has 20 heavy (non-hydrogen) atoms. The summed E-state index contributed by atoms with van der Waals surface area (Å²) in [6.45, 7) is 3.80. The van der Waals surface area contributed by atoms with Gasteiger partial charge in [-0.25, -0.2) is 4.79 Å². The van der Waals surface area contributed by atoms with E-state index in [1.165, 1.54) is 27.8 Å².